The molecule has 0 spiro atoms. The molecule has 1 aliphatic rings. The summed E-state index contributed by atoms with van der Waals surface area (Å²) < 4.78 is 32.9. The predicted octanol–water partition coefficient (Wildman–Crippen LogP) is 3.14. The third-order valence-electron chi connectivity index (χ3n) is 12.3. The molecule has 1 saturated heterocycles. The highest BCUT2D eigenvalue weighted by Gasteiger charge is 2.49. The number of amides is 5. The summed E-state index contributed by atoms with van der Waals surface area (Å²) >= 11 is 0. The fourth-order valence-electron chi connectivity index (χ4n) is 8.05. The number of benzene rings is 2. The number of nitrogens with zero attached hydrogens (tertiary/aromatic N) is 2. The van der Waals surface area contributed by atoms with E-state index in [2.05, 4.69) is 16.1 Å². The lowest BCUT2D eigenvalue weighted by Gasteiger charge is -2.42. The Morgan fingerprint density at radius 1 is 0.792 bits per heavy atom. The van der Waals surface area contributed by atoms with Crippen LogP contribution in [0.4, 0.5) is 9.59 Å². The molecule has 430 valence electrons. The first-order valence-electron chi connectivity index (χ1n) is 25.0. The molecule has 8 N–H and O–H groups in total. The third kappa shape index (κ3) is 19.2. The molecule has 8 atom stereocenters. The van der Waals surface area contributed by atoms with Gasteiger partial charge in [0.05, 0.1) is 44.6 Å². The van der Waals surface area contributed by atoms with Crippen molar-refractivity contribution in [3.05, 3.63) is 76.9 Å². The molecule has 1 heterocycles. The number of aliphatic carboxylic acids is 2. The highest BCUT2D eigenvalue weighted by molar-refractivity contribution is 5.97. The van der Waals surface area contributed by atoms with Crippen LogP contribution >= 0.6 is 0 Å². The number of hydroxylamine groups is 1. The van der Waals surface area contributed by atoms with Gasteiger partial charge in [-0.3, -0.25) is 24.1 Å². The van der Waals surface area contributed by atoms with Gasteiger partial charge in [0.1, 0.15) is 48.4 Å². The van der Waals surface area contributed by atoms with Gasteiger partial charge in [-0.15, -0.1) is 0 Å². The Balaban J connectivity index is 1.87. The minimum absolute atomic E-state index is 0.00180. The normalized spacial score (nSPS) is 19.2. The lowest BCUT2D eigenvalue weighted by atomic mass is 9.76. The van der Waals surface area contributed by atoms with E-state index in [1.165, 1.54) is 50.2 Å². The van der Waals surface area contributed by atoms with Crippen molar-refractivity contribution >= 4 is 41.8 Å². The van der Waals surface area contributed by atoms with Gasteiger partial charge in [-0.1, -0.05) is 90.9 Å². The maximum atomic E-state index is 14.8. The molecule has 2 aromatic carbocycles. The number of rotatable bonds is 26. The SMILES string of the molecule is C/C(=C\[C@H](C(C)C)N(C)C(=O)[C@@H](NC(=O)[C@@H](N(C)C(=O)OCc1ccc(O[C@@H]2O[C@H](C(=O)O)[C@@H](O)[C@H](O)[C@H]2O)c(C(=O)NCCOCCOCCONC(=O)OC(C)(C)C)c1)C(C)(C)c1ccccc1)C(C)(C)C)C(=O)O. The first-order valence-corrected chi connectivity index (χ1v) is 25.0. The van der Waals surface area contributed by atoms with Crippen LogP contribution < -0.4 is 20.9 Å². The summed E-state index contributed by atoms with van der Waals surface area (Å²) in [6, 6.07) is 9.71. The Bertz CT molecular complexity index is 2350. The van der Waals surface area contributed by atoms with Gasteiger partial charge in [-0.25, -0.2) is 19.2 Å². The average Bonchev–Trinajstić information content (AvgIpc) is 3.34. The summed E-state index contributed by atoms with van der Waals surface area (Å²) in [6.45, 7) is 18.9. The van der Waals surface area contributed by atoms with Crippen molar-refractivity contribution in [3.8, 4) is 5.75 Å². The van der Waals surface area contributed by atoms with Gasteiger partial charge in [0, 0.05) is 31.6 Å². The summed E-state index contributed by atoms with van der Waals surface area (Å²) in [5.74, 6) is -5.26. The monoisotopic (exact) mass is 1090 g/mol. The number of likely N-dealkylation sites (N-methyl/N-ethyl adjacent to an activating group) is 2. The van der Waals surface area contributed by atoms with E-state index < -0.39 is 114 Å². The number of carbonyl (C=O) groups is 7. The van der Waals surface area contributed by atoms with Crippen molar-refractivity contribution in [2.24, 2.45) is 11.3 Å². The van der Waals surface area contributed by atoms with Crippen LogP contribution in [-0.4, -0.2) is 185 Å². The molecule has 3 rings (SSSR count). The van der Waals surface area contributed by atoms with Gasteiger partial charge >= 0.3 is 24.1 Å². The van der Waals surface area contributed by atoms with E-state index in [1.807, 2.05) is 13.8 Å². The first-order chi connectivity index (χ1) is 35.8. The molecule has 1 aliphatic heterocycles. The molecule has 0 radical (unpaired) electrons. The number of hydrogen-bond acceptors (Lipinski definition) is 17. The molecular weight excluding hydrogens is 1010 g/mol. The Morgan fingerprint density at radius 3 is 1.97 bits per heavy atom. The average molecular weight is 1090 g/mol. The van der Waals surface area contributed by atoms with Crippen LogP contribution in [-0.2, 0) is 59.7 Å². The largest absolute Gasteiger partial charge is 0.479 e. The smallest absolute Gasteiger partial charge is 0.431 e. The van der Waals surface area contributed by atoms with E-state index in [9.17, 15) is 59.1 Å². The van der Waals surface area contributed by atoms with E-state index in [1.54, 1.807) is 85.7 Å². The molecule has 2 aromatic rings. The van der Waals surface area contributed by atoms with Crippen LogP contribution in [0.25, 0.3) is 0 Å². The van der Waals surface area contributed by atoms with E-state index >= 15 is 0 Å². The number of carboxylic acids is 2. The van der Waals surface area contributed by atoms with Crippen LogP contribution in [0.2, 0.25) is 0 Å². The predicted molar refractivity (Wildman–Crippen MR) is 276 cm³/mol. The summed E-state index contributed by atoms with van der Waals surface area (Å²) in [5.41, 5.74) is 0.104. The number of aliphatic hydroxyl groups is 3. The lowest BCUT2D eigenvalue weighted by molar-refractivity contribution is -0.271. The van der Waals surface area contributed by atoms with Gasteiger partial charge in [0.2, 0.25) is 18.1 Å². The standard InChI is InChI=1S/C53H79N5O19/c1-30(2)35(27-31(3)46(65)66)57(12)45(64)41(51(4,5)6)55-44(63)42(53(10,11)33-17-15-14-16-18-33)58(13)50(70)73-29-32-19-20-36(75-48-39(61)37(59)38(60)40(76-48)47(67)68)34(28-32)43(62)54-21-22-71-23-24-72-25-26-74-56-49(69)77-52(7,8)9/h14-20,27-28,30,35,37-42,48,59-61H,21-26,29H2,1-13H3,(H,54,62)(H,55,63)(H,56,69)(H,65,66)(H,67,68)/b31-27+/t35-,37+,38+,39-,40+,41-,42-,48-/m1/s1. The third-order valence-corrected chi connectivity index (χ3v) is 12.3. The maximum absolute atomic E-state index is 14.8. The molecule has 77 heavy (non-hydrogen) atoms. The number of aliphatic hydroxyl groups excluding tert-OH is 3. The highest BCUT2D eigenvalue weighted by Crippen LogP contribution is 2.33. The molecule has 0 aliphatic carbocycles. The van der Waals surface area contributed by atoms with Gasteiger partial charge in [0.25, 0.3) is 5.91 Å². The minimum atomic E-state index is -2.02. The van der Waals surface area contributed by atoms with Crippen LogP contribution in [0.15, 0.2) is 60.2 Å². The number of nitrogens with one attached hydrogen (secondary N) is 3. The Hall–Kier alpha value is -6.41. The van der Waals surface area contributed by atoms with Crippen LogP contribution in [0.1, 0.15) is 97.6 Å². The van der Waals surface area contributed by atoms with Gasteiger partial charge in [0.15, 0.2) is 6.10 Å². The van der Waals surface area contributed by atoms with Crippen molar-refractivity contribution in [2.45, 2.75) is 143 Å². The van der Waals surface area contributed by atoms with E-state index in [-0.39, 0.29) is 67.9 Å². The topological polar surface area (TPSA) is 328 Å². The summed E-state index contributed by atoms with van der Waals surface area (Å²) in [4.78, 5) is 100. The second kappa shape index (κ2) is 28.8. The Kier molecular flexibility index (Phi) is 24.3. The van der Waals surface area contributed by atoms with Gasteiger partial charge in [-0.2, -0.15) is 5.48 Å². The molecule has 0 bridgehead atoms. The van der Waals surface area contributed by atoms with Crippen molar-refractivity contribution in [2.75, 3.05) is 53.7 Å². The first kappa shape index (κ1) is 64.9. The zero-order chi connectivity index (χ0) is 58.2. The molecule has 0 unspecified atom stereocenters. The summed E-state index contributed by atoms with van der Waals surface area (Å²) in [6.07, 6.45) is -10.2. The molecule has 0 saturated carbocycles. The van der Waals surface area contributed by atoms with Gasteiger partial charge < -0.3 is 69.5 Å². The van der Waals surface area contributed by atoms with Crippen molar-refractivity contribution < 1.29 is 92.4 Å². The summed E-state index contributed by atoms with van der Waals surface area (Å²) in [5, 5.41) is 56.2. The fraction of sp³-hybridized carbons (Fsp3) is 0.604. The van der Waals surface area contributed by atoms with Crippen LogP contribution in [0, 0.1) is 11.3 Å². The molecular formula is C53H79N5O19. The fourth-order valence-corrected chi connectivity index (χ4v) is 8.05. The number of carbonyl (C=O) groups excluding carboxylic acids is 5. The number of carboxylic acid groups (broad SMARTS) is 2. The maximum Gasteiger partial charge on any atom is 0.431 e. The van der Waals surface area contributed by atoms with Crippen LogP contribution in [0.5, 0.6) is 5.75 Å². The number of ether oxygens (including phenoxy) is 6. The molecule has 5 amide bonds. The molecule has 0 aromatic heterocycles. The number of hydrogen-bond donors (Lipinski definition) is 8. The highest BCUT2D eigenvalue weighted by atomic mass is 16.7. The molecule has 1 fully saturated rings. The van der Waals surface area contributed by atoms with Crippen LogP contribution in [0.3, 0.4) is 0 Å². The van der Waals surface area contributed by atoms with Crippen molar-refractivity contribution in [3.63, 3.8) is 0 Å². The lowest BCUT2D eigenvalue weighted by Crippen LogP contribution is -2.63. The molecule has 24 nitrogen and oxygen atoms in total. The van der Waals surface area contributed by atoms with Gasteiger partial charge in [-0.05, 0) is 62.3 Å². The van der Waals surface area contributed by atoms with Crippen molar-refractivity contribution in [1.29, 1.82) is 0 Å². The van der Waals surface area contributed by atoms with Crippen molar-refractivity contribution in [1.82, 2.24) is 25.9 Å². The second-order valence-electron chi connectivity index (χ2n) is 21.4. The minimum Gasteiger partial charge on any atom is -0.479 e. The Morgan fingerprint density at radius 2 is 1.40 bits per heavy atom. The molecule has 24 heteroatoms. The van der Waals surface area contributed by atoms with E-state index in [0.29, 0.717) is 5.56 Å². The Labute approximate surface area is 449 Å². The summed E-state index contributed by atoms with van der Waals surface area (Å²) in [7, 11) is 2.90. The van der Waals surface area contributed by atoms with E-state index in [0.717, 1.165) is 4.90 Å². The van der Waals surface area contributed by atoms with E-state index in [4.69, 9.17) is 33.3 Å². The quantitative estimate of drug-likeness (QED) is 0.0381. The zero-order valence-corrected chi connectivity index (χ0v) is 46.2. The zero-order valence-electron chi connectivity index (χ0n) is 46.2. The second-order valence-corrected chi connectivity index (χ2v) is 21.4.